The Morgan fingerprint density at radius 3 is 2.52 bits per heavy atom. The van der Waals surface area contributed by atoms with E-state index in [9.17, 15) is 4.79 Å². The number of carbonyl (C=O) groups excluding carboxylic acids is 1. The molecule has 174 valence electrons. The molecule has 1 aromatic heterocycles. The summed E-state index contributed by atoms with van der Waals surface area (Å²) in [5.41, 5.74) is 2.48. The Bertz CT molecular complexity index is 1110. The maximum absolute atomic E-state index is 12.9. The van der Waals surface area contributed by atoms with Crippen LogP contribution in [0.1, 0.15) is 29.3 Å². The Morgan fingerprint density at radius 2 is 1.79 bits per heavy atom. The first-order valence-corrected chi connectivity index (χ1v) is 12.1. The molecule has 0 atom stereocenters. The molecule has 4 rings (SSSR count). The SMILES string of the molecule is CCN1CCN(CCCNC(=O)c2cnc(Nc3ccc(C)c(Cl)c3)c3ccccc23)CC1. The lowest BCUT2D eigenvalue weighted by Crippen LogP contribution is -2.46. The summed E-state index contributed by atoms with van der Waals surface area (Å²) in [6.07, 6.45) is 2.59. The Hall–Kier alpha value is -2.67. The van der Waals surface area contributed by atoms with Crippen LogP contribution in [0, 0.1) is 6.92 Å². The molecule has 0 aliphatic carbocycles. The van der Waals surface area contributed by atoms with Gasteiger partial charge in [-0.05, 0) is 49.5 Å². The second kappa shape index (κ2) is 11.0. The minimum absolute atomic E-state index is 0.0839. The van der Waals surface area contributed by atoms with Crippen LogP contribution in [0.25, 0.3) is 10.8 Å². The van der Waals surface area contributed by atoms with Crippen LogP contribution in [-0.2, 0) is 0 Å². The number of piperazine rings is 1. The van der Waals surface area contributed by atoms with E-state index in [-0.39, 0.29) is 5.91 Å². The molecule has 33 heavy (non-hydrogen) atoms. The Labute approximate surface area is 200 Å². The van der Waals surface area contributed by atoms with Crippen LogP contribution in [-0.4, -0.2) is 66.5 Å². The molecule has 0 unspecified atom stereocenters. The number of pyridine rings is 1. The third-order valence-electron chi connectivity index (χ3n) is 6.32. The van der Waals surface area contributed by atoms with Crippen LogP contribution in [0.2, 0.25) is 5.02 Å². The Balaban J connectivity index is 1.39. The van der Waals surface area contributed by atoms with Crippen LogP contribution in [0.5, 0.6) is 0 Å². The summed E-state index contributed by atoms with van der Waals surface area (Å²) in [6, 6.07) is 13.7. The number of carbonyl (C=O) groups is 1. The molecule has 2 heterocycles. The second-order valence-electron chi connectivity index (χ2n) is 8.54. The first-order valence-electron chi connectivity index (χ1n) is 11.7. The highest BCUT2D eigenvalue weighted by molar-refractivity contribution is 6.31. The molecule has 1 aliphatic heterocycles. The van der Waals surface area contributed by atoms with Gasteiger partial charge in [0.1, 0.15) is 5.82 Å². The van der Waals surface area contributed by atoms with Gasteiger partial charge < -0.3 is 20.4 Å². The predicted molar refractivity (Wildman–Crippen MR) is 137 cm³/mol. The molecule has 6 nitrogen and oxygen atoms in total. The summed E-state index contributed by atoms with van der Waals surface area (Å²) in [5, 5.41) is 8.90. The lowest BCUT2D eigenvalue weighted by molar-refractivity contribution is 0.0949. The molecule has 0 spiro atoms. The molecular formula is C26H32ClN5O. The van der Waals surface area contributed by atoms with Crippen molar-refractivity contribution in [1.29, 1.82) is 0 Å². The van der Waals surface area contributed by atoms with E-state index in [1.807, 2.05) is 49.4 Å². The van der Waals surface area contributed by atoms with Gasteiger partial charge in [-0.25, -0.2) is 4.98 Å². The van der Waals surface area contributed by atoms with Gasteiger partial charge in [0.15, 0.2) is 0 Å². The summed E-state index contributed by atoms with van der Waals surface area (Å²) in [7, 11) is 0. The average molecular weight is 466 g/mol. The fourth-order valence-electron chi connectivity index (χ4n) is 4.21. The van der Waals surface area contributed by atoms with E-state index < -0.39 is 0 Å². The largest absolute Gasteiger partial charge is 0.352 e. The molecule has 1 saturated heterocycles. The minimum Gasteiger partial charge on any atom is -0.352 e. The third-order valence-corrected chi connectivity index (χ3v) is 6.73. The van der Waals surface area contributed by atoms with E-state index in [1.165, 1.54) is 0 Å². The van der Waals surface area contributed by atoms with Crippen LogP contribution < -0.4 is 10.6 Å². The number of halogens is 1. The maximum Gasteiger partial charge on any atom is 0.253 e. The number of hydrogen-bond donors (Lipinski definition) is 2. The summed E-state index contributed by atoms with van der Waals surface area (Å²) >= 11 is 6.27. The zero-order valence-electron chi connectivity index (χ0n) is 19.4. The molecule has 2 aromatic carbocycles. The van der Waals surface area contributed by atoms with Gasteiger partial charge in [-0.1, -0.05) is 48.9 Å². The molecule has 1 fully saturated rings. The van der Waals surface area contributed by atoms with Crippen molar-refractivity contribution in [2.75, 3.05) is 51.1 Å². The van der Waals surface area contributed by atoms with E-state index in [0.717, 1.165) is 67.7 Å². The van der Waals surface area contributed by atoms with Crippen molar-refractivity contribution in [1.82, 2.24) is 20.1 Å². The van der Waals surface area contributed by atoms with Gasteiger partial charge in [0.05, 0.1) is 5.56 Å². The fraction of sp³-hybridized carbons (Fsp3) is 0.385. The topological polar surface area (TPSA) is 60.5 Å². The Kier molecular flexibility index (Phi) is 7.81. The number of aryl methyl sites for hydroxylation is 1. The molecule has 1 amide bonds. The van der Waals surface area contributed by atoms with Crippen LogP contribution in [0.3, 0.4) is 0 Å². The standard InChI is InChI=1S/C26H32ClN5O/c1-3-31-13-15-32(16-14-31)12-6-11-28-26(33)23-18-29-25(22-8-5-4-7-21(22)23)30-20-10-9-19(2)24(27)17-20/h4-5,7-10,17-18H,3,6,11-16H2,1-2H3,(H,28,33)(H,29,30). The number of hydrogen-bond acceptors (Lipinski definition) is 5. The number of fused-ring (bicyclic) bond motifs is 1. The molecule has 3 aromatic rings. The van der Waals surface area contributed by atoms with Crippen LogP contribution >= 0.6 is 11.6 Å². The number of anilines is 2. The first-order chi connectivity index (χ1) is 16.0. The van der Waals surface area contributed by atoms with Gasteiger partial charge in [0.25, 0.3) is 5.91 Å². The van der Waals surface area contributed by atoms with Crippen molar-refractivity contribution in [2.24, 2.45) is 0 Å². The van der Waals surface area contributed by atoms with Crippen molar-refractivity contribution >= 4 is 39.8 Å². The molecule has 2 N–H and O–H groups in total. The highest BCUT2D eigenvalue weighted by atomic mass is 35.5. The lowest BCUT2D eigenvalue weighted by atomic mass is 10.1. The lowest BCUT2D eigenvalue weighted by Gasteiger charge is -2.33. The zero-order chi connectivity index (χ0) is 23.2. The van der Waals surface area contributed by atoms with E-state index in [4.69, 9.17) is 11.6 Å². The van der Waals surface area contributed by atoms with Crippen LogP contribution in [0.4, 0.5) is 11.5 Å². The van der Waals surface area contributed by atoms with Gasteiger partial charge >= 0.3 is 0 Å². The van der Waals surface area contributed by atoms with E-state index in [2.05, 4.69) is 32.3 Å². The summed E-state index contributed by atoms with van der Waals surface area (Å²) in [5.74, 6) is 0.618. The molecular weight excluding hydrogens is 434 g/mol. The van der Waals surface area contributed by atoms with E-state index in [0.29, 0.717) is 22.9 Å². The number of likely N-dealkylation sites (N-methyl/N-ethyl adjacent to an activating group) is 1. The molecule has 0 saturated carbocycles. The van der Waals surface area contributed by atoms with Gasteiger partial charge in [0, 0.05) is 55.0 Å². The van der Waals surface area contributed by atoms with Crippen molar-refractivity contribution in [2.45, 2.75) is 20.3 Å². The summed E-state index contributed by atoms with van der Waals surface area (Å²) < 4.78 is 0. The molecule has 0 bridgehead atoms. The second-order valence-corrected chi connectivity index (χ2v) is 8.95. The van der Waals surface area contributed by atoms with Crippen LogP contribution in [0.15, 0.2) is 48.7 Å². The van der Waals surface area contributed by atoms with Gasteiger partial charge in [-0.3, -0.25) is 4.79 Å². The highest BCUT2D eigenvalue weighted by Gasteiger charge is 2.16. The fourth-order valence-corrected chi connectivity index (χ4v) is 4.39. The highest BCUT2D eigenvalue weighted by Crippen LogP contribution is 2.28. The normalized spacial score (nSPS) is 15.0. The molecule has 0 radical (unpaired) electrons. The smallest absolute Gasteiger partial charge is 0.253 e. The van der Waals surface area contributed by atoms with Crippen molar-refractivity contribution in [3.05, 3.63) is 64.8 Å². The number of aromatic nitrogens is 1. The van der Waals surface area contributed by atoms with Gasteiger partial charge in [-0.2, -0.15) is 0 Å². The quantitative estimate of drug-likeness (QED) is 0.472. The predicted octanol–water partition coefficient (Wildman–Crippen LogP) is 4.70. The van der Waals surface area contributed by atoms with Crippen molar-refractivity contribution < 1.29 is 4.79 Å². The zero-order valence-corrected chi connectivity index (χ0v) is 20.2. The van der Waals surface area contributed by atoms with Crippen molar-refractivity contribution in [3.63, 3.8) is 0 Å². The van der Waals surface area contributed by atoms with E-state index in [1.54, 1.807) is 6.20 Å². The first kappa shape index (κ1) is 23.5. The number of nitrogens with zero attached hydrogens (tertiary/aromatic N) is 3. The van der Waals surface area contributed by atoms with E-state index >= 15 is 0 Å². The third kappa shape index (κ3) is 5.82. The summed E-state index contributed by atoms with van der Waals surface area (Å²) in [4.78, 5) is 22.5. The van der Waals surface area contributed by atoms with Gasteiger partial charge in [0.2, 0.25) is 0 Å². The average Bonchev–Trinajstić information content (AvgIpc) is 2.84. The van der Waals surface area contributed by atoms with Gasteiger partial charge in [-0.15, -0.1) is 0 Å². The minimum atomic E-state index is -0.0839. The molecule has 7 heteroatoms. The van der Waals surface area contributed by atoms with Crippen molar-refractivity contribution in [3.8, 4) is 0 Å². The number of amides is 1. The number of nitrogens with one attached hydrogen (secondary N) is 2. The number of benzene rings is 2. The number of rotatable bonds is 8. The molecule has 1 aliphatic rings. The maximum atomic E-state index is 12.9. The monoisotopic (exact) mass is 465 g/mol. The summed E-state index contributed by atoms with van der Waals surface area (Å²) in [6.45, 7) is 11.5. The Morgan fingerprint density at radius 1 is 1.06 bits per heavy atom.